The normalized spacial score (nSPS) is 22.4. The van der Waals surface area contributed by atoms with E-state index in [1.807, 2.05) is 17.9 Å². The Hall–Kier alpha value is -1.91. The van der Waals surface area contributed by atoms with E-state index in [2.05, 4.69) is 5.32 Å². The molecule has 2 atom stereocenters. The zero-order valence-electron chi connectivity index (χ0n) is 11.0. The number of carboxylic acid groups (broad SMARTS) is 1. The van der Waals surface area contributed by atoms with Crippen LogP contribution in [-0.4, -0.2) is 41.0 Å². The molecule has 1 aliphatic rings. The molecule has 1 aliphatic heterocycles. The summed E-state index contributed by atoms with van der Waals surface area (Å²) in [5.74, 6) is -1.45. The summed E-state index contributed by atoms with van der Waals surface area (Å²) in [5.41, 5.74) is 0.446. The molecule has 1 aromatic rings. The zero-order valence-corrected chi connectivity index (χ0v) is 11.8. The number of nitriles is 1. The number of amides is 1. The molecule has 1 fully saturated rings. The molecule has 1 amide bonds. The van der Waals surface area contributed by atoms with E-state index in [1.165, 1.54) is 11.3 Å². The summed E-state index contributed by atoms with van der Waals surface area (Å²) in [6.45, 7) is 2.57. The van der Waals surface area contributed by atoms with Crippen molar-refractivity contribution < 1.29 is 14.7 Å². The summed E-state index contributed by atoms with van der Waals surface area (Å²) in [7, 11) is 0. The Balaban J connectivity index is 1.93. The van der Waals surface area contributed by atoms with E-state index < -0.39 is 11.9 Å². The van der Waals surface area contributed by atoms with Crippen LogP contribution in [0.5, 0.6) is 0 Å². The third-order valence-corrected chi connectivity index (χ3v) is 4.42. The number of carbonyl (C=O) groups is 2. The number of hydrogen-bond acceptors (Lipinski definition) is 5. The van der Waals surface area contributed by atoms with Crippen LogP contribution in [0.3, 0.4) is 0 Å². The second-order valence-corrected chi connectivity index (χ2v) is 5.68. The van der Waals surface area contributed by atoms with Crippen LogP contribution in [0.1, 0.15) is 18.9 Å². The van der Waals surface area contributed by atoms with Crippen molar-refractivity contribution in [2.75, 3.05) is 18.4 Å². The van der Waals surface area contributed by atoms with Gasteiger partial charge < -0.3 is 10.4 Å². The van der Waals surface area contributed by atoms with E-state index in [-0.39, 0.29) is 18.5 Å². The molecule has 0 saturated carbocycles. The molecule has 1 aromatic heterocycles. The molecule has 1 saturated heterocycles. The number of aliphatic carboxylic acids is 1. The first-order valence-electron chi connectivity index (χ1n) is 6.27. The number of anilines is 1. The average Bonchev–Trinajstić information content (AvgIpc) is 2.97. The summed E-state index contributed by atoms with van der Waals surface area (Å²) in [6, 6.07) is 3.51. The van der Waals surface area contributed by atoms with E-state index >= 15 is 0 Å². The number of nitrogens with zero attached hydrogens (tertiary/aromatic N) is 2. The third kappa shape index (κ3) is 2.98. The van der Waals surface area contributed by atoms with Gasteiger partial charge in [-0.15, -0.1) is 11.3 Å². The highest BCUT2D eigenvalue weighted by molar-refractivity contribution is 7.14. The van der Waals surface area contributed by atoms with Gasteiger partial charge in [0.2, 0.25) is 5.91 Å². The number of likely N-dealkylation sites (tertiary alicyclic amines) is 1. The SMILES string of the molecule is CC1C(C(=O)O)CCN1CC(=O)Nc1sccc1C#N. The number of carboxylic acids is 1. The van der Waals surface area contributed by atoms with Gasteiger partial charge in [0.15, 0.2) is 0 Å². The fourth-order valence-electron chi connectivity index (χ4n) is 2.40. The molecule has 2 N–H and O–H groups in total. The fraction of sp³-hybridized carbons (Fsp3) is 0.462. The van der Waals surface area contributed by atoms with Crippen LogP contribution in [0.2, 0.25) is 0 Å². The maximum atomic E-state index is 12.0. The highest BCUT2D eigenvalue weighted by atomic mass is 32.1. The second-order valence-electron chi connectivity index (χ2n) is 4.77. The smallest absolute Gasteiger partial charge is 0.308 e. The van der Waals surface area contributed by atoms with Gasteiger partial charge in [-0.25, -0.2) is 0 Å². The molecular weight excluding hydrogens is 278 g/mol. The molecule has 106 valence electrons. The number of thiophene rings is 1. The molecule has 0 aliphatic carbocycles. The Morgan fingerprint density at radius 2 is 2.40 bits per heavy atom. The predicted octanol–water partition coefficient (Wildman–Crippen LogP) is 1.35. The van der Waals surface area contributed by atoms with Crippen LogP contribution in [0.25, 0.3) is 0 Å². The lowest BCUT2D eigenvalue weighted by Crippen LogP contribution is -2.38. The summed E-state index contributed by atoms with van der Waals surface area (Å²) < 4.78 is 0. The van der Waals surface area contributed by atoms with E-state index in [0.29, 0.717) is 23.5 Å². The van der Waals surface area contributed by atoms with Crippen molar-refractivity contribution in [2.45, 2.75) is 19.4 Å². The second kappa shape index (κ2) is 6.03. The zero-order chi connectivity index (χ0) is 14.7. The summed E-state index contributed by atoms with van der Waals surface area (Å²) >= 11 is 1.30. The van der Waals surface area contributed by atoms with Crippen molar-refractivity contribution in [3.8, 4) is 6.07 Å². The summed E-state index contributed by atoms with van der Waals surface area (Å²) in [5, 5.41) is 22.9. The maximum absolute atomic E-state index is 12.0. The quantitative estimate of drug-likeness (QED) is 0.874. The lowest BCUT2D eigenvalue weighted by atomic mass is 10.0. The maximum Gasteiger partial charge on any atom is 0.308 e. The molecule has 2 unspecified atom stereocenters. The Labute approximate surface area is 120 Å². The first kappa shape index (κ1) is 14.5. The van der Waals surface area contributed by atoms with Crippen molar-refractivity contribution in [2.24, 2.45) is 5.92 Å². The molecule has 0 aromatic carbocycles. The van der Waals surface area contributed by atoms with Crippen molar-refractivity contribution in [3.63, 3.8) is 0 Å². The van der Waals surface area contributed by atoms with E-state index in [4.69, 9.17) is 10.4 Å². The molecule has 6 nitrogen and oxygen atoms in total. The molecule has 0 spiro atoms. The van der Waals surface area contributed by atoms with Crippen molar-refractivity contribution in [3.05, 3.63) is 17.0 Å². The van der Waals surface area contributed by atoms with Crippen LogP contribution >= 0.6 is 11.3 Å². The molecule has 0 radical (unpaired) electrons. The van der Waals surface area contributed by atoms with Crippen LogP contribution in [-0.2, 0) is 9.59 Å². The predicted molar refractivity (Wildman–Crippen MR) is 74.4 cm³/mol. The monoisotopic (exact) mass is 293 g/mol. The first-order chi connectivity index (χ1) is 9.52. The van der Waals surface area contributed by atoms with Crippen molar-refractivity contribution in [1.82, 2.24) is 4.90 Å². The van der Waals surface area contributed by atoms with Crippen LogP contribution < -0.4 is 5.32 Å². The van der Waals surface area contributed by atoms with Gasteiger partial charge in [0, 0.05) is 6.04 Å². The molecule has 0 bridgehead atoms. The van der Waals surface area contributed by atoms with Crippen molar-refractivity contribution >= 4 is 28.2 Å². The Kier molecular flexibility index (Phi) is 4.37. The molecule has 2 rings (SSSR count). The van der Waals surface area contributed by atoms with Crippen LogP contribution in [0.4, 0.5) is 5.00 Å². The molecule has 20 heavy (non-hydrogen) atoms. The molecule has 7 heteroatoms. The van der Waals surface area contributed by atoms with Gasteiger partial charge in [0.05, 0.1) is 18.0 Å². The highest BCUT2D eigenvalue weighted by Crippen LogP contribution is 2.25. The number of rotatable bonds is 4. The number of carbonyl (C=O) groups excluding carboxylic acids is 1. The largest absolute Gasteiger partial charge is 0.481 e. The van der Waals surface area contributed by atoms with E-state index in [0.717, 1.165) is 0 Å². The Morgan fingerprint density at radius 1 is 1.65 bits per heavy atom. The standard InChI is InChI=1S/C13H15N3O3S/c1-8-10(13(18)19)2-4-16(8)7-11(17)15-12-9(6-14)3-5-20-12/h3,5,8,10H,2,4,7H2,1H3,(H,15,17)(H,18,19). The van der Waals surface area contributed by atoms with Crippen LogP contribution in [0, 0.1) is 17.2 Å². The minimum Gasteiger partial charge on any atom is -0.481 e. The first-order valence-corrected chi connectivity index (χ1v) is 7.15. The lowest BCUT2D eigenvalue weighted by Gasteiger charge is -2.22. The van der Waals surface area contributed by atoms with Gasteiger partial charge in [-0.3, -0.25) is 14.5 Å². The number of nitrogens with one attached hydrogen (secondary N) is 1. The van der Waals surface area contributed by atoms with E-state index in [9.17, 15) is 9.59 Å². The van der Waals surface area contributed by atoms with E-state index in [1.54, 1.807) is 11.4 Å². The Morgan fingerprint density at radius 3 is 3.00 bits per heavy atom. The van der Waals surface area contributed by atoms with Gasteiger partial charge in [0.1, 0.15) is 11.1 Å². The lowest BCUT2D eigenvalue weighted by molar-refractivity contribution is -0.142. The third-order valence-electron chi connectivity index (χ3n) is 3.59. The van der Waals surface area contributed by atoms with Gasteiger partial charge >= 0.3 is 5.97 Å². The average molecular weight is 293 g/mol. The molecular formula is C13H15N3O3S. The minimum atomic E-state index is -0.814. The van der Waals surface area contributed by atoms with Gasteiger partial charge in [-0.2, -0.15) is 5.26 Å². The van der Waals surface area contributed by atoms with Crippen molar-refractivity contribution in [1.29, 1.82) is 5.26 Å². The summed E-state index contributed by atoms with van der Waals surface area (Å²) in [6.07, 6.45) is 0.562. The molecule has 2 heterocycles. The summed E-state index contributed by atoms with van der Waals surface area (Å²) in [4.78, 5) is 24.8. The number of hydrogen-bond donors (Lipinski definition) is 2. The Bertz CT molecular complexity index is 563. The van der Waals surface area contributed by atoms with Gasteiger partial charge in [-0.1, -0.05) is 0 Å². The fourth-order valence-corrected chi connectivity index (χ4v) is 3.16. The van der Waals surface area contributed by atoms with Gasteiger partial charge in [0.25, 0.3) is 0 Å². The van der Waals surface area contributed by atoms with Gasteiger partial charge in [-0.05, 0) is 31.3 Å². The topological polar surface area (TPSA) is 93.4 Å². The minimum absolute atomic E-state index is 0.147. The van der Waals surface area contributed by atoms with Crippen LogP contribution in [0.15, 0.2) is 11.4 Å². The highest BCUT2D eigenvalue weighted by Gasteiger charge is 2.36.